The second kappa shape index (κ2) is 6.42. The number of thiophene rings is 1. The summed E-state index contributed by atoms with van der Waals surface area (Å²) < 4.78 is 36.4. The fraction of sp³-hybridized carbons (Fsp3) is 0.0556. The van der Waals surface area contributed by atoms with Gasteiger partial charge in [0.15, 0.2) is 9.84 Å². The molecule has 0 unspecified atom stereocenters. The molecule has 1 N–H and O–H groups in total. The van der Waals surface area contributed by atoms with Gasteiger partial charge in [-0.15, -0.1) is 11.3 Å². The van der Waals surface area contributed by atoms with E-state index in [2.05, 4.69) is 0 Å². The number of hydrogen-bond acceptors (Lipinski definition) is 4. The zero-order chi connectivity index (χ0) is 18.2. The van der Waals surface area contributed by atoms with Crippen LogP contribution in [0.3, 0.4) is 0 Å². The normalized spacial score (nSPS) is 11.4. The number of benzene rings is 2. The lowest BCUT2D eigenvalue weighted by atomic mass is 9.97. The van der Waals surface area contributed by atoms with Crippen LogP contribution in [0.25, 0.3) is 22.3 Å². The van der Waals surface area contributed by atoms with Gasteiger partial charge >= 0.3 is 5.97 Å². The third kappa shape index (κ3) is 3.47. The Labute approximate surface area is 148 Å². The minimum absolute atomic E-state index is 0.147. The molecule has 25 heavy (non-hydrogen) atoms. The molecule has 2 aromatic carbocycles. The van der Waals surface area contributed by atoms with Crippen LogP contribution in [0.5, 0.6) is 0 Å². The molecule has 4 nitrogen and oxygen atoms in total. The van der Waals surface area contributed by atoms with Crippen LogP contribution < -0.4 is 0 Å². The second-order valence-corrected chi connectivity index (χ2v) is 8.36. The maximum absolute atomic E-state index is 13.2. The number of rotatable bonds is 4. The number of carbonyl (C=O) groups is 1. The Morgan fingerprint density at radius 2 is 1.56 bits per heavy atom. The molecule has 1 aromatic heterocycles. The van der Waals surface area contributed by atoms with Gasteiger partial charge in [-0.3, -0.25) is 0 Å². The number of carboxylic acid groups (broad SMARTS) is 1. The van der Waals surface area contributed by atoms with Crippen LogP contribution in [0.4, 0.5) is 4.39 Å². The van der Waals surface area contributed by atoms with E-state index in [1.165, 1.54) is 36.4 Å². The molecule has 0 saturated heterocycles. The maximum Gasteiger partial charge on any atom is 0.346 e. The molecule has 0 spiro atoms. The SMILES string of the molecule is CS(=O)(=O)c1ccc(-c2csc(C(=O)O)c2-c2ccc(F)cc2)cc1. The van der Waals surface area contributed by atoms with Crippen LogP contribution in [0.2, 0.25) is 0 Å². The quantitative estimate of drug-likeness (QED) is 0.736. The molecule has 0 bridgehead atoms. The summed E-state index contributed by atoms with van der Waals surface area (Å²) in [6, 6.07) is 11.8. The van der Waals surface area contributed by atoms with Gasteiger partial charge in [-0.1, -0.05) is 24.3 Å². The predicted octanol–water partition coefficient (Wildman–Crippen LogP) is 4.32. The van der Waals surface area contributed by atoms with Crippen LogP contribution in [0, 0.1) is 5.82 Å². The Kier molecular flexibility index (Phi) is 4.45. The lowest BCUT2D eigenvalue weighted by Crippen LogP contribution is -1.97. The summed E-state index contributed by atoms with van der Waals surface area (Å²) in [6.45, 7) is 0. The number of carboxylic acids is 1. The largest absolute Gasteiger partial charge is 0.477 e. The highest BCUT2D eigenvalue weighted by Crippen LogP contribution is 2.39. The first kappa shape index (κ1) is 17.3. The van der Waals surface area contributed by atoms with Crippen LogP contribution in [0.1, 0.15) is 9.67 Å². The third-order valence-corrected chi connectivity index (χ3v) is 5.81. The van der Waals surface area contributed by atoms with E-state index in [0.29, 0.717) is 22.3 Å². The lowest BCUT2D eigenvalue weighted by Gasteiger charge is -2.08. The number of aromatic carboxylic acids is 1. The summed E-state index contributed by atoms with van der Waals surface area (Å²) >= 11 is 1.08. The van der Waals surface area contributed by atoms with Crippen molar-refractivity contribution in [1.82, 2.24) is 0 Å². The highest BCUT2D eigenvalue weighted by Gasteiger charge is 2.20. The first-order valence-electron chi connectivity index (χ1n) is 7.18. The Morgan fingerprint density at radius 3 is 2.08 bits per heavy atom. The summed E-state index contributed by atoms with van der Waals surface area (Å²) in [6.07, 6.45) is 1.12. The molecule has 3 rings (SSSR count). The number of hydrogen-bond donors (Lipinski definition) is 1. The van der Waals surface area contributed by atoms with Crippen LogP contribution in [-0.2, 0) is 9.84 Å². The van der Waals surface area contributed by atoms with E-state index in [9.17, 15) is 22.7 Å². The van der Waals surface area contributed by atoms with E-state index < -0.39 is 21.6 Å². The summed E-state index contributed by atoms with van der Waals surface area (Å²) in [5.41, 5.74) is 2.43. The van der Waals surface area contributed by atoms with Gasteiger partial charge in [0, 0.05) is 22.8 Å². The Hall–Kier alpha value is -2.51. The summed E-state index contributed by atoms with van der Waals surface area (Å²) in [7, 11) is -3.31. The Bertz CT molecular complexity index is 1030. The van der Waals surface area contributed by atoms with Gasteiger partial charge in [-0.2, -0.15) is 0 Å². The first-order valence-corrected chi connectivity index (χ1v) is 9.95. The van der Waals surface area contributed by atoms with Crippen molar-refractivity contribution in [3.8, 4) is 22.3 Å². The zero-order valence-corrected chi connectivity index (χ0v) is 14.7. The minimum Gasteiger partial charge on any atom is -0.477 e. The average molecular weight is 376 g/mol. The molecule has 0 amide bonds. The van der Waals surface area contributed by atoms with Crippen molar-refractivity contribution in [3.05, 3.63) is 64.6 Å². The van der Waals surface area contributed by atoms with Gasteiger partial charge in [0.25, 0.3) is 0 Å². The Balaban J connectivity index is 2.17. The topological polar surface area (TPSA) is 71.4 Å². The van der Waals surface area contributed by atoms with E-state index in [4.69, 9.17) is 0 Å². The molecule has 0 aliphatic carbocycles. The van der Waals surface area contributed by atoms with Crippen molar-refractivity contribution in [3.63, 3.8) is 0 Å². The molecule has 7 heteroatoms. The van der Waals surface area contributed by atoms with E-state index in [1.54, 1.807) is 17.5 Å². The van der Waals surface area contributed by atoms with Crippen molar-refractivity contribution in [1.29, 1.82) is 0 Å². The summed E-state index contributed by atoms with van der Waals surface area (Å²) in [5.74, 6) is -1.47. The van der Waals surface area contributed by atoms with Crippen LogP contribution in [-0.4, -0.2) is 25.7 Å². The molecule has 0 fully saturated rings. The van der Waals surface area contributed by atoms with E-state index >= 15 is 0 Å². The van der Waals surface area contributed by atoms with Crippen molar-refractivity contribution in [2.45, 2.75) is 4.90 Å². The molecule has 0 radical (unpaired) electrons. The highest BCUT2D eigenvalue weighted by molar-refractivity contribution is 7.90. The monoisotopic (exact) mass is 376 g/mol. The van der Waals surface area contributed by atoms with Crippen molar-refractivity contribution >= 4 is 27.1 Å². The zero-order valence-electron chi connectivity index (χ0n) is 13.1. The van der Waals surface area contributed by atoms with Gasteiger partial charge < -0.3 is 5.11 Å². The van der Waals surface area contributed by atoms with Crippen molar-refractivity contribution < 1.29 is 22.7 Å². The van der Waals surface area contributed by atoms with E-state index in [0.717, 1.165) is 17.6 Å². The molecule has 0 saturated carbocycles. The minimum atomic E-state index is -3.31. The van der Waals surface area contributed by atoms with Gasteiger partial charge in [-0.25, -0.2) is 17.6 Å². The maximum atomic E-state index is 13.2. The molecular formula is C18H13FO4S2. The average Bonchev–Trinajstić information content (AvgIpc) is 3.00. The molecule has 0 atom stereocenters. The van der Waals surface area contributed by atoms with Gasteiger partial charge in [0.2, 0.25) is 0 Å². The fourth-order valence-electron chi connectivity index (χ4n) is 2.51. The third-order valence-electron chi connectivity index (χ3n) is 3.71. The highest BCUT2D eigenvalue weighted by atomic mass is 32.2. The van der Waals surface area contributed by atoms with Crippen LogP contribution >= 0.6 is 11.3 Å². The fourth-order valence-corrected chi connectivity index (χ4v) is 4.08. The van der Waals surface area contributed by atoms with Gasteiger partial charge in [-0.05, 0) is 35.4 Å². The van der Waals surface area contributed by atoms with Gasteiger partial charge in [0.1, 0.15) is 10.7 Å². The van der Waals surface area contributed by atoms with E-state index in [1.807, 2.05) is 0 Å². The number of halogens is 1. The van der Waals surface area contributed by atoms with Crippen molar-refractivity contribution in [2.24, 2.45) is 0 Å². The molecular weight excluding hydrogens is 363 g/mol. The second-order valence-electron chi connectivity index (χ2n) is 5.46. The summed E-state index contributed by atoms with van der Waals surface area (Å²) in [4.78, 5) is 11.9. The molecule has 0 aliphatic heterocycles. The lowest BCUT2D eigenvalue weighted by molar-refractivity contribution is 0.0703. The summed E-state index contributed by atoms with van der Waals surface area (Å²) in [5, 5.41) is 11.2. The standard InChI is InChI=1S/C18H13FO4S2/c1-25(22,23)14-8-4-11(5-9-14)15-10-24-17(18(20)21)16(15)12-2-6-13(19)7-3-12/h2-10H,1H3,(H,20,21). The van der Waals surface area contributed by atoms with Crippen LogP contribution in [0.15, 0.2) is 58.8 Å². The first-order chi connectivity index (χ1) is 11.8. The molecule has 0 aliphatic rings. The predicted molar refractivity (Wildman–Crippen MR) is 95.2 cm³/mol. The molecule has 3 aromatic rings. The smallest absolute Gasteiger partial charge is 0.346 e. The molecule has 128 valence electrons. The van der Waals surface area contributed by atoms with Gasteiger partial charge in [0.05, 0.1) is 4.90 Å². The van der Waals surface area contributed by atoms with Crippen molar-refractivity contribution in [2.75, 3.05) is 6.26 Å². The molecule has 1 heterocycles. The van der Waals surface area contributed by atoms with E-state index in [-0.39, 0.29) is 9.77 Å². The number of sulfone groups is 1. The Morgan fingerprint density at radius 1 is 1.00 bits per heavy atom.